The summed E-state index contributed by atoms with van der Waals surface area (Å²) in [5.74, 6) is 0. The smallest absolute Gasteiger partial charge is 0.0630 e. The molecule has 0 amide bonds. The van der Waals surface area contributed by atoms with Crippen molar-refractivity contribution in [3.8, 4) is 0 Å². The molecule has 2 N–H and O–H groups in total. The first-order chi connectivity index (χ1) is 5.74. The van der Waals surface area contributed by atoms with Crippen molar-refractivity contribution in [1.29, 1.82) is 0 Å². The summed E-state index contributed by atoms with van der Waals surface area (Å²) in [6, 6.07) is 8.17. The first-order valence-electron chi connectivity index (χ1n) is 4.17. The first-order valence-corrected chi connectivity index (χ1v) is 4.17. The van der Waals surface area contributed by atoms with Gasteiger partial charge in [0.2, 0.25) is 0 Å². The molecule has 0 aromatic heterocycles. The van der Waals surface area contributed by atoms with E-state index in [0.717, 1.165) is 5.69 Å². The lowest BCUT2D eigenvalue weighted by atomic mass is 10.2. The Labute approximate surface area is 73.2 Å². The van der Waals surface area contributed by atoms with E-state index in [1.165, 1.54) is 5.56 Å². The molecule has 0 saturated heterocycles. The standard InChI is InChI=1S/C10H15NO/c1-8-5-3-4-6-10(8)11-9(2)7-12/h3-6,9,11-12H,7H2,1-2H3. The zero-order valence-corrected chi connectivity index (χ0v) is 7.54. The molecule has 0 radical (unpaired) electrons. The van der Waals surface area contributed by atoms with Crippen molar-refractivity contribution in [3.05, 3.63) is 29.8 Å². The number of hydrogen-bond acceptors (Lipinski definition) is 2. The van der Waals surface area contributed by atoms with Gasteiger partial charge in [0.05, 0.1) is 6.61 Å². The summed E-state index contributed by atoms with van der Waals surface area (Å²) in [4.78, 5) is 0. The van der Waals surface area contributed by atoms with Gasteiger partial charge in [-0.05, 0) is 25.5 Å². The Morgan fingerprint density at radius 2 is 2.08 bits per heavy atom. The molecule has 0 spiro atoms. The van der Waals surface area contributed by atoms with Gasteiger partial charge >= 0.3 is 0 Å². The van der Waals surface area contributed by atoms with Crippen LogP contribution in [0, 0.1) is 6.92 Å². The van der Waals surface area contributed by atoms with Crippen LogP contribution in [0.1, 0.15) is 12.5 Å². The van der Waals surface area contributed by atoms with Crippen molar-refractivity contribution < 1.29 is 5.11 Å². The third-order valence-corrected chi connectivity index (χ3v) is 1.82. The fourth-order valence-electron chi connectivity index (χ4n) is 1.05. The number of anilines is 1. The number of benzene rings is 1. The van der Waals surface area contributed by atoms with E-state index < -0.39 is 0 Å². The minimum atomic E-state index is 0.117. The van der Waals surface area contributed by atoms with E-state index in [1.54, 1.807) is 0 Å². The van der Waals surface area contributed by atoms with Crippen LogP contribution in [0.3, 0.4) is 0 Å². The predicted octanol–water partition coefficient (Wildman–Crippen LogP) is 1.79. The summed E-state index contributed by atoms with van der Waals surface area (Å²) in [5.41, 5.74) is 2.30. The van der Waals surface area contributed by atoms with Crippen LogP contribution >= 0.6 is 0 Å². The summed E-state index contributed by atoms with van der Waals surface area (Å²) >= 11 is 0. The first kappa shape index (κ1) is 9.07. The molecule has 1 atom stereocenters. The molecule has 1 aromatic carbocycles. The van der Waals surface area contributed by atoms with Crippen molar-refractivity contribution in [3.63, 3.8) is 0 Å². The third kappa shape index (κ3) is 2.24. The second kappa shape index (κ2) is 4.12. The van der Waals surface area contributed by atoms with E-state index in [-0.39, 0.29) is 12.6 Å². The number of para-hydroxylation sites is 1. The zero-order chi connectivity index (χ0) is 8.97. The minimum Gasteiger partial charge on any atom is -0.394 e. The lowest BCUT2D eigenvalue weighted by Gasteiger charge is -2.13. The van der Waals surface area contributed by atoms with E-state index in [1.807, 2.05) is 38.1 Å². The Morgan fingerprint density at radius 3 is 2.67 bits per heavy atom. The highest BCUT2D eigenvalue weighted by atomic mass is 16.3. The van der Waals surface area contributed by atoms with E-state index >= 15 is 0 Å². The van der Waals surface area contributed by atoms with Gasteiger partial charge in [0.25, 0.3) is 0 Å². The van der Waals surface area contributed by atoms with Crippen LogP contribution in [0.25, 0.3) is 0 Å². The van der Waals surface area contributed by atoms with Crippen LogP contribution in [0.4, 0.5) is 5.69 Å². The van der Waals surface area contributed by atoms with Gasteiger partial charge in [0.1, 0.15) is 0 Å². The number of hydrogen-bond donors (Lipinski definition) is 2. The maximum atomic E-state index is 8.82. The van der Waals surface area contributed by atoms with Gasteiger partial charge < -0.3 is 10.4 Å². The SMILES string of the molecule is Cc1ccccc1NC(C)CO. The highest BCUT2D eigenvalue weighted by molar-refractivity contribution is 5.50. The lowest BCUT2D eigenvalue weighted by molar-refractivity contribution is 0.281. The number of nitrogens with one attached hydrogen (secondary N) is 1. The summed E-state index contributed by atoms with van der Waals surface area (Å²) < 4.78 is 0. The topological polar surface area (TPSA) is 32.3 Å². The van der Waals surface area contributed by atoms with E-state index in [0.29, 0.717) is 0 Å². The van der Waals surface area contributed by atoms with E-state index in [2.05, 4.69) is 5.32 Å². The maximum absolute atomic E-state index is 8.82. The van der Waals surface area contributed by atoms with Crippen molar-refractivity contribution in [2.24, 2.45) is 0 Å². The van der Waals surface area contributed by atoms with Crippen molar-refractivity contribution in [2.75, 3.05) is 11.9 Å². The highest BCUT2D eigenvalue weighted by Gasteiger charge is 2.00. The summed E-state index contributed by atoms with van der Waals surface area (Å²) in [7, 11) is 0. The van der Waals surface area contributed by atoms with Gasteiger partial charge in [-0.3, -0.25) is 0 Å². The van der Waals surface area contributed by atoms with Crippen LogP contribution in [-0.4, -0.2) is 17.8 Å². The molecule has 0 aliphatic carbocycles. The van der Waals surface area contributed by atoms with Crippen LogP contribution in [0.2, 0.25) is 0 Å². The molecule has 1 aromatic rings. The number of aryl methyl sites for hydroxylation is 1. The monoisotopic (exact) mass is 165 g/mol. The fraction of sp³-hybridized carbons (Fsp3) is 0.400. The molecule has 12 heavy (non-hydrogen) atoms. The molecule has 2 heteroatoms. The Kier molecular flexibility index (Phi) is 3.11. The van der Waals surface area contributed by atoms with Crippen molar-refractivity contribution in [2.45, 2.75) is 19.9 Å². The van der Waals surface area contributed by atoms with Crippen LogP contribution in [0.15, 0.2) is 24.3 Å². The second-order valence-electron chi connectivity index (χ2n) is 3.04. The molecule has 0 heterocycles. The minimum absolute atomic E-state index is 0.117. The average molecular weight is 165 g/mol. The van der Waals surface area contributed by atoms with Crippen molar-refractivity contribution >= 4 is 5.69 Å². The molecule has 0 fully saturated rings. The highest BCUT2D eigenvalue weighted by Crippen LogP contribution is 2.13. The van der Waals surface area contributed by atoms with Gasteiger partial charge in [-0.2, -0.15) is 0 Å². The largest absolute Gasteiger partial charge is 0.394 e. The summed E-state index contributed by atoms with van der Waals surface area (Å²) in [5, 5.41) is 12.0. The number of rotatable bonds is 3. The molecule has 66 valence electrons. The molecule has 0 aliphatic heterocycles. The quantitative estimate of drug-likeness (QED) is 0.715. The molecule has 1 rings (SSSR count). The van der Waals surface area contributed by atoms with Crippen LogP contribution in [-0.2, 0) is 0 Å². The third-order valence-electron chi connectivity index (χ3n) is 1.82. The molecular weight excluding hydrogens is 150 g/mol. The Hall–Kier alpha value is -1.02. The zero-order valence-electron chi connectivity index (χ0n) is 7.54. The Balaban J connectivity index is 2.69. The van der Waals surface area contributed by atoms with Crippen molar-refractivity contribution in [1.82, 2.24) is 0 Å². The summed E-state index contributed by atoms with van der Waals surface area (Å²) in [6.45, 7) is 4.16. The maximum Gasteiger partial charge on any atom is 0.0630 e. The number of aliphatic hydroxyl groups is 1. The Morgan fingerprint density at radius 1 is 1.42 bits per heavy atom. The molecule has 1 unspecified atom stereocenters. The second-order valence-corrected chi connectivity index (χ2v) is 3.04. The average Bonchev–Trinajstić information content (AvgIpc) is 2.09. The summed E-state index contributed by atoms with van der Waals surface area (Å²) in [6.07, 6.45) is 0. The molecule has 0 saturated carbocycles. The van der Waals surface area contributed by atoms with Crippen LogP contribution < -0.4 is 5.32 Å². The molecule has 2 nitrogen and oxygen atoms in total. The molecular formula is C10H15NO. The normalized spacial score (nSPS) is 12.6. The molecule has 0 aliphatic rings. The fourth-order valence-corrected chi connectivity index (χ4v) is 1.05. The van der Waals surface area contributed by atoms with Crippen LogP contribution in [0.5, 0.6) is 0 Å². The Bertz CT molecular complexity index is 247. The number of aliphatic hydroxyl groups excluding tert-OH is 1. The van der Waals surface area contributed by atoms with E-state index in [4.69, 9.17) is 5.11 Å². The van der Waals surface area contributed by atoms with Gasteiger partial charge in [0, 0.05) is 11.7 Å². The molecule has 0 bridgehead atoms. The van der Waals surface area contributed by atoms with Gasteiger partial charge in [-0.15, -0.1) is 0 Å². The van der Waals surface area contributed by atoms with Gasteiger partial charge in [0.15, 0.2) is 0 Å². The predicted molar refractivity (Wildman–Crippen MR) is 51.3 cm³/mol. The van der Waals surface area contributed by atoms with Gasteiger partial charge in [-0.25, -0.2) is 0 Å². The van der Waals surface area contributed by atoms with E-state index in [9.17, 15) is 0 Å². The lowest BCUT2D eigenvalue weighted by Crippen LogP contribution is -2.19. The van der Waals surface area contributed by atoms with Gasteiger partial charge in [-0.1, -0.05) is 18.2 Å².